The molecule has 3 nitrogen and oxygen atoms in total. The van der Waals surface area contributed by atoms with E-state index in [1.165, 1.54) is 49.7 Å². The van der Waals surface area contributed by atoms with Gasteiger partial charge in [0.1, 0.15) is 0 Å². The Morgan fingerprint density at radius 3 is 1.68 bits per heavy atom. The molecule has 6 heteroatoms. The number of fused-ring (bicyclic) bond motifs is 1. The first-order chi connectivity index (χ1) is 22.5. The van der Waals surface area contributed by atoms with Gasteiger partial charge in [-0.2, -0.15) is 0 Å². The monoisotopic (exact) mass is 745 g/mol. The van der Waals surface area contributed by atoms with Crippen molar-refractivity contribution in [3.8, 4) is 0 Å². The fourth-order valence-corrected chi connectivity index (χ4v) is 12.1. The van der Waals surface area contributed by atoms with Gasteiger partial charge in [0.15, 0.2) is 25.0 Å². The van der Waals surface area contributed by atoms with Crippen LogP contribution in [0.15, 0.2) is 34.9 Å². The van der Waals surface area contributed by atoms with Gasteiger partial charge in [-0.3, -0.25) is 0 Å². The van der Waals surface area contributed by atoms with Crippen LogP contribution in [0.4, 0.5) is 0 Å². The van der Waals surface area contributed by atoms with Crippen LogP contribution in [0.5, 0.6) is 0 Å². The van der Waals surface area contributed by atoms with Crippen molar-refractivity contribution in [2.75, 3.05) is 6.61 Å². The van der Waals surface area contributed by atoms with Crippen LogP contribution in [0, 0.1) is 22.7 Å². The molecule has 0 aromatic carbocycles. The van der Waals surface area contributed by atoms with E-state index >= 15 is 0 Å². The second-order valence-corrected chi connectivity index (χ2v) is 36.5. The maximum atomic E-state index is 7.42. The standard InChI is InChI=1S/C44H84O3Si3/c1-20-43(11,12)39-28-27-36-34(23-21-29-44(36,39)13)26-25-33-31-37(46-49(16,17)41(5,6)7)35(24-22-30-45-48(14,15)40(2,3)4)38(32-33)47-50(18,19)42(8,9)10/h24-26,36-39H,20-23,27-32H2,1-19H3/t36?,37-,38-,39?,44+/m1/s1. The van der Waals surface area contributed by atoms with Crippen LogP contribution in [0.2, 0.25) is 54.4 Å². The van der Waals surface area contributed by atoms with E-state index in [0.717, 1.165) is 37.7 Å². The summed E-state index contributed by atoms with van der Waals surface area (Å²) in [5, 5.41) is 0.490. The molecule has 3 fully saturated rings. The van der Waals surface area contributed by atoms with E-state index in [-0.39, 0.29) is 27.3 Å². The predicted octanol–water partition coefficient (Wildman–Crippen LogP) is 14.4. The van der Waals surface area contributed by atoms with Crippen molar-refractivity contribution in [2.45, 2.75) is 214 Å². The third-order valence-electron chi connectivity index (χ3n) is 15.2. The molecule has 3 aliphatic rings. The van der Waals surface area contributed by atoms with Gasteiger partial charge in [0.05, 0.1) is 12.2 Å². The van der Waals surface area contributed by atoms with Crippen LogP contribution in [-0.2, 0) is 13.3 Å². The van der Waals surface area contributed by atoms with Crippen molar-refractivity contribution >= 4 is 25.0 Å². The summed E-state index contributed by atoms with van der Waals surface area (Å²) >= 11 is 0. The molecule has 0 aromatic rings. The Hall–Kier alpha value is -0.249. The van der Waals surface area contributed by atoms with Gasteiger partial charge < -0.3 is 13.3 Å². The molecule has 5 atom stereocenters. The largest absolute Gasteiger partial charge is 0.417 e. The first kappa shape index (κ1) is 44.1. The van der Waals surface area contributed by atoms with E-state index in [9.17, 15) is 0 Å². The molecule has 0 spiro atoms. The van der Waals surface area contributed by atoms with Crippen molar-refractivity contribution in [1.29, 1.82) is 0 Å². The lowest BCUT2D eigenvalue weighted by Crippen LogP contribution is -2.50. The first-order valence-corrected chi connectivity index (χ1v) is 29.3. The second-order valence-electron chi connectivity index (χ2n) is 22.2. The van der Waals surface area contributed by atoms with Crippen molar-refractivity contribution in [3.63, 3.8) is 0 Å². The Morgan fingerprint density at radius 1 is 0.720 bits per heavy atom. The average molecular weight is 745 g/mol. The third kappa shape index (κ3) is 9.89. The fraction of sp³-hybridized carbons (Fsp3) is 0.864. The lowest BCUT2D eigenvalue weighted by molar-refractivity contribution is 0.0435. The number of hydrogen-bond donors (Lipinski definition) is 0. The molecule has 290 valence electrons. The molecule has 50 heavy (non-hydrogen) atoms. The quantitative estimate of drug-likeness (QED) is 0.120. The van der Waals surface area contributed by atoms with Crippen LogP contribution in [0.25, 0.3) is 0 Å². The molecule has 0 aromatic heterocycles. The van der Waals surface area contributed by atoms with E-state index in [0.29, 0.717) is 10.8 Å². The minimum absolute atomic E-state index is 0.0507. The Labute approximate surface area is 315 Å². The van der Waals surface area contributed by atoms with Crippen LogP contribution >= 0.6 is 0 Å². The number of allylic oxidation sites excluding steroid dienone is 3. The molecule has 0 radical (unpaired) electrons. The zero-order valence-electron chi connectivity index (χ0n) is 36.8. The lowest BCUT2D eigenvalue weighted by Gasteiger charge is -2.48. The van der Waals surface area contributed by atoms with Crippen LogP contribution in [0.3, 0.4) is 0 Å². The summed E-state index contributed by atoms with van der Waals surface area (Å²) in [5.74, 6) is 1.54. The molecule has 0 amide bonds. The summed E-state index contributed by atoms with van der Waals surface area (Å²) in [7, 11) is -5.93. The molecular weight excluding hydrogens is 661 g/mol. The Kier molecular flexibility index (Phi) is 13.7. The summed E-state index contributed by atoms with van der Waals surface area (Å²) in [5.41, 5.74) is 5.45. The molecule has 3 aliphatic carbocycles. The highest BCUT2D eigenvalue weighted by molar-refractivity contribution is 6.75. The van der Waals surface area contributed by atoms with Gasteiger partial charge in [0, 0.05) is 6.61 Å². The van der Waals surface area contributed by atoms with Gasteiger partial charge >= 0.3 is 0 Å². The zero-order valence-corrected chi connectivity index (χ0v) is 39.8. The fourth-order valence-electron chi connectivity index (χ4n) is 8.44. The minimum Gasteiger partial charge on any atom is -0.417 e. The van der Waals surface area contributed by atoms with Crippen molar-refractivity contribution in [1.82, 2.24) is 0 Å². The Morgan fingerprint density at radius 2 is 1.22 bits per heavy atom. The molecule has 0 aliphatic heterocycles. The van der Waals surface area contributed by atoms with Gasteiger partial charge in [-0.1, -0.05) is 126 Å². The molecular formula is C44H84O3Si3. The second kappa shape index (κ2) is 15.5. The van der Waals surface area contributed by atoms with E-state index in [2.05, 4.69) is 148 Å². The summed E-state index contributed by atoms with van der Waals surface area (Å²) in [6, 6.07) is 0. The molecule has 0 bridgehead atoms. The van der Waals surface area contributed by atoms with E-state index < -0.39 is 25.0 Å². The predicted molar refractivity (Wildman–Crippen MR) is 228 cm³/mol. The normalized spacial score (nSPS) is 28.7. The maximum absolute atomic E-state index is 7.42. The van der Waals surface area contributed by atoms with Crippen LogP contribution in [-0.4, -0.2) is 43.8 Å². The van der Waals surface area contributed by atoms with Crippen LogP contribution < -0.4 is 0 Å². The Balaban J connectivity index is 2.05. The molecule has 3 saturated carbocycles. The van der Waals surface area contributed by atoms with Gasteiger partial charge in [-0.05, 0) is 134 Å². The number of hydrogen-bond acceptors (Lipinski definition) is 3. The smallest absolute Gasteiger partial charge is 0.192 e. The zero-order chi connectivity index (χ0) is 38.4. The molecule has 0 N–H and O–H groups in total. The molecule has 0 saturated heterocycles. The van der Waals surface area contributed by atoms with Crippen molar-refractivity contribution in [2.24, 2.45) is 22.7 Å². The van der Waals surface area contributed by atoms with Gasteiger partial charge in [-0.25, -0.2) is 0 Å². The third-order valence-corrected chi connectivity index (χ3v) is 28.8. The highest BCUT2D eigenvalue weighted by atomic mass is 28.4. The highest BCUT2D eigenvalue weighted by Gasteiger charge is 2.53. The van der Waals surface area contributed by atoms with Crippen molar-refractivity contribution in [3.05, 3.63) is 34.9 Å². The summed E-state index contributed by atoms with van der Waals surface area (Å²) < 4.78 is 21.5. The molecule has 0 heterocycles. The summed E-state index contributed by atoms with van der Waals surface area (Å²) in [4.78, 5) is 0. The van der Waals surface area contributed by atoms with E-state index in [4.69, 9.17) is 13.3 Å². The average Bonchev–Trinajstić information content (AvgIpc) is 3.31. The summed E-state index contributed by atoms with van der Waals surface area (Å²) in [6.45, 7) is 46.5. The molecule has 3 rings (SSSR count). The minimum atomic E-state index is -2.06. The number of rotatable bonds is 11. The first-order valence-electron chi connectivity index (χ1n) is 20.6. The van der Waals surface area contributed by atoms with Crippen molar-refractivity contribution < 1.29 is 13.3 Å². The topological polar surface area (TPSA) is 27.7 Å². The SMILES string of the molecule is CCC(C)(C)C1CCC2C(=CC=C3C[C@@H](O[Si](C)(C)C(C)(C)C)C(=CCCO[Si](C)(C)C(C)(C)C)[C@H](O[Si](C)(C)C(C)(C)C)C3)CCC[C@@]21C. The molecule has 2 unspecified atom stereocenters. The van der Waals surface area contributed by atoms with Crippen LogP contribution in [0.1, 0.15) is 148 Å². The van der Waals surface area contributed by atoms with Gasteiger partial charge in [0.2, 0.25) is 0 Å². The van der Waals surface area contributed by atoms with Gasteiger partial charge in [0.25, 0.3) is 0 Å². The van der Waals surface area contributed by atoms with E-state index in [1.54, 1.807) is 5.57 Å². The summed E-state index contributed by atoms with van der Waals surface area (Å²) in [6.07, 6.45) is 18.6. The maximum Gasteiger partial charge on any atom is 0.192 e. The highest BCUT2D eigenvalue weighted by Crippen LogP contribution is 2.62. The van der Waals surface area contributed by atoms with Gasteiger partial charge in [-0.15, -0.1) is 0 Å². The Bertz CT molecular complexity index is 1210. The van der Waals surface area contributed by atoms with E-state index in [1.807, 2.05) is 0 Å². The lowest BCUT2D eigenvalue weighted by atomic mass is 9.57.